The van der Waals surface area contributed by atoms with Crippen LogP contribution in [0.25, 0.3) is 0 Å². The van der Waals surface area contributed by atoms with Gasteiger partial charge < -0.3 is 24.8 Å². The molecule has 2 fully saturated rings. The number of benzene rings is 1. The van der Waals surface area contributed by atoms with Gasteiger partial charge in [-0.2, -0.15) is 0 Å². The maximum Gasteiger partial charge on any atom is 0.268 e. The van der Waals surface area contributed by atoms with Crippen LogP contribution < -0.4 is 15.0 Å². The fourth-order valence-corrected chi connectivity index (χ4v) is 4.26. The lowest BCUT2D eigenvalue weighted by molar-refractivity contribution is -0.129. The number of carbonyl (C=O) groups is 3. The number of aromatic nitrogens is 1. The van der Waals surface area contributed by atoms with Crippen molar-refractivity contribution in [3.8, 4) is 5.75 Å². The summed E-state index contributed by atoms with van der Waals surface area (Å²) in [6.07, 6.45) is 4.16. The molecule has 1 aromatic carbocycles. The minimum absolute atomic E-state index is 0.0390. The van der Waals surface area contributed by atoms with Gasteiger partial charge in [-0.3, -0.25) is 14.4 Å². The van der Waals surface area contributed by atoms with E-state index in [0.29, 0.717) is 36.5 Å². The average Bonchev–Trinajstić information content (AvgIpc) is 3.53. The summed E-state index contributed by atoms with van der Waals surface area (Å²) in [5.41, 5.74) is 2.07. The molecular weight excluding hydrogens is 434 g/mol. The summed E-state index contributed by atoms with van der Waals surface area (Å²) in [5, 5.41) is 3.31. The molecule has 3 amide bonds. The van der Waals surface area contributed by atoms with Crippen molar-refractivity contribution in [1.29, 1.82) is 0 Å². The van der Waals surface area contributed by atoms with Crippen molar-refractivity contribution in [2.45, 2.75) is 31.9 Å². The number of hydrogen-bond donors (Lipinski definition) is 1. The Bertz CT molecular complexity index is 1110. The molecular formula is C25H29N5O4. The lowest BCUT2D eigenvalue weighted by Crippen LogP contribution is -2.36. The molecule has 2 aliphatic heterocycles. The summed E-state index contributed by atoms with van der Waals surface area (Å²) < 4.78 is 5.93. The lowest BCUT2D eigenvalue weighted by atomic mass is 10.1. The smallest absolute Gasteiger partial charge is 0.268 e. The van der Waals surface area contributed by atoms with Crippen LogP contribution in [0, 0.1) is 5.92 Å². The van der Waals surface area contributed by atoms with Crippen molar-refractivity contribution < 1.29 is 19.1 Å². The molecule has 0 spiro atoms. The molecule has 3 heterocycles. The predicted octanol–water partition coefficient (Wildman–Crippen LogP) is 2.13. The molecule has 1 aliphatic carbocycles. The second-order valence-corrected chi connectivity index (χ2v) is 9.38. The van der Waals surface area contributed by atoms with Gasteiger partial charge in [0.1, 0.15) is 18.1 Å². The Morgan fingerprint density at radius 1 is 1.18 bits per heavy atom. The van der Waals surface area contributed by atoms with Crippen molar-refractivity contribution >= 4 is 29.2 Å². The standard InChI is InChI=1S/C25H29N5O4/c1-28(2)23(31)15-29-14-17-5-6-18(11-20(17)24(29)32)30-10-9-21(25(30)33)34-19-7-8-22(27-13-19)26-12-16-3-4-16/h5-8,11,13,16,21H,3-4,9-10,12,14-15H2,1-2H3,(H,26,27)/t21-/m1/s1. The number of nitrogens with one attached hydrogen (secondary N) is 1. The molecule has 9 heteroatoms. The van der Waals surface area contributed by atoms with Crippen LogP contribution in [0.4, 0.5) is 11.5 Å². The summed E-state index contributed by atoms with van der Waals surface area (Å²) in [5.74, 6) is 1.68. The Balaban J connectivity index is 1.21. The Kier molecular flexibility index (Phi) is 5.85. The summed E-state index contributed by atoms with van der Waals surface area (Å²) >= 11 is 0. The zero-order valence-electron chi connectivity index (χ0n) is 19.5. The SMILES string of the molecule is CN(C)C(=O)CN1Cc2ccc(N3CC[C@@H](Oc4ccc(NCC5CC5)nc4)C3=O)cc2C1=O. The van der Waals surface area contributed by atoms with Crippen LogP contribution in [0.3, 0.4) is 0 Å². The number of ether oxygens (including phenoxy) is 1. The summed E-state index contributed by atoms with van der Waals surface area (Å²) in [6, 6.07) is 9.16. The van der Waals surface area contributed by atoms with Crippen LogP contribution in [0.15, 0.2) is 36.5 Å². The Labute approximate surface area is 198 Å². The van der Waals surface area contributed by atoms with Gasteiger partial charge in [0.25, 0.3) is 11.8 Å². The van der Waals surface area contributed by atoms with Crippen molar-refractivity contribution in [2.24, 2.45) is 5.92 Å². The second kappa shape index (κ2) is 8.96. The minimum Gasteiger partial charge on any atom is -0.479 e. The topological polar surface area (TPSA) is 95.1 Å². The normalized spacial score (nSPS) is 19.4. The first kappa shape index (κ1) is 22.2. The molecule has 1 aromatic heterocycles. The third-order valence-electron chi connectivity index (χ3n) is 6.55. The van der Waals surface area contributed by atoms with E-state index in [4.69, 9.17) is 4.74 Å². The molecule has 2 aromatic rings. The number of pyridine rings is 1. The molecule has 9 nitrogen and oxygen atoms in total. The molecule has 1 saturated heterocycles. The van der Waals surface area contributed by atoms with Crippen LogP contribution in [-0.2, 0) is 16.1 Å². The maximum absolute atomic E-state index is 13.1. The highest BCUT2D eigenvalue weighted by Gasteiger charge is 2.36. The van der Waals surface area contributed by atoms with E-state index in [0.717, 1.165) is 23.8 Å². The average molecular weight is 464 g/mol. The largest absolute Gasteiger partial charge is 0.479 e. The first-order valence-electron chi connectivity index (χ1n) is 11.7. The highest BCUT2D eigenvalue weighted by atomic mass is 16.5. The van der Waals surface area contributed by atoms with Gasteiger partial charge in [-0.15, -0.1) is 0 Å². The number of carbonyl (C=O) groups excluding carboxylic acids is 3. The van der Waals surface area contributed by atoms with Crippen LogP contribution in [0.5, 0.6) is 5.75 Å². The van der Waals surface area contributed by atoms with E-state index in [1.54, 1.807) is 31.3 Å². The Morgan fingerprint density at radius 2 is 2.00 bits per heavy atom. The molecule has 1 saturated carbocycles. The van der Waals surface area contributed by atoms with E-state index >= 15 is 0 Å². The zero-order chi connectivity index (χ0) is 23.8. The quantitative estimate of drug-likeness (QED) is 0.645. The number of fused-ring (bicyclic) bond motifs is 1. The molecule has 0 bridgehead atoms. The number of nitrogens with zero attached hydrogens (tertiary/aromatic N) is 4. The maximum atomic E-state index is 13.1. The molecule has 34 heavy (non-hydrogen) atoms. The third kappa shape index (κ3) is 4.55. The molecule has 178 valence electrons. The van der Waals surface area contributed by atoms with Gasteiger partial charge in [-0.25, -0.2) is 4.98 Å². The minimum atomic E-state index is -0.592. The number of rotatable bonds is 8. The summed E-state index contributed by atoms with van der Waals surface area (Å²) in [7, 11) is 3.34. The molecule has 0 radical (unpaired) electrons. The number of hydrogen-bond acceptors (Lipinski definition) is 6. The van der Waals surface area contributed by atoms with Gasteiger partial charge in [0, 0.05) is 51.4 Å². The van der Waals surface area contributed by atoms with Crippen LogP contribution in [0.1, 0.15) is 35.2 Å². The van der Waals surface area contributed by atoms with Gasteiger partial charge in [-0.1, -0.05) is 6.07 Å². The summed E-state index contributed by atoms with van der Waals surface area (Å²) in [4.78, 5) is 47.0. The van der Waals surface area contributed by atoms with Crippen LogP contribution in [-0.4, -0.2) is 72.3 Å². The van der Waals surface area contributed by atoms with E-state index in [1.165, 1.54) is 22.6 Å². The van der Waals surface area contributed by atoms with Crippen molar-refractivity contribution in [2.75, 3.05) is 43.9 Å². The number of anilines is 2. The highest BCUT2D eigenvalue weighted by Crippen LogP contribution is 2.31. The fourth-order valence-electron chi connectivity index (χ4n) is 4.26. The van der Waals surface area contributed by atoms with Crippen molar-refractivity contribution in [3.05, 3.63) is 47.7 Å². The molecule has 5 rings (SSSR count). The van der Waals surface area contributed by atoms with Gasteiger partial charge in [0.05, 0.1) is 6.20 Å². The predicted molar refractivity (Wildman–Crippen MR) is 127 cm³/mol. The van der Waals surface area contributed by atoms with E-state index < -0.39 is 6.10 Å². The van der Waals surface area contributed by atoms with Crippen molar-refractivity contribution in [1.82, 2.24) is 14.8 Å². The van der Waals surface area contributed by atoms with Gasteiger partial charge in [-0.05, 0) is 48.6 Å². The fraction of sp³-hybridized carbons (Fsp3) is 0.440. The molecule has 1 atom stereocenters. The van der Waals surface area contributed by atoms with Crippen molar-refractivity contribution in [3.63, 3.8) is 0 Å². The van der Waals surface area contributed by atoms with Gasteiger partial charge in [0.2, 0.25) is 5.91 Å². The van der Waals surface area contributed by atoms with E-state index in [1.807, 2.05) is 24.3 Å². The lowest BCUT2D eigenvalue weighted by Gasteiger charge is -2.18. The first-order chi connectivity index (χ1) is 16.4. The van der Waals surface area contributed by atoms with E-state index in [2.05, 4.69) is 10.3 Å². The monoisotopic (exact) mass is 463 g/mol. The molecule has 1 N–H and O–H groups in total. The number of amides is 3. The first-order valence-corrected chi connectivity index (χ1v) is 11.7. The van der Waals surface area contributed by atoms with Crippen LogP contribution >= 0.6 is 0 Å². The second-order valence-electron chi connectivity index (χ2n) is 9.38. The van der Waals surface area contributed by atoms with Gasteiger partial charge >= 0.3 is 0 Å². The van der Waals surface area contributed by atoms with Gasteiger partial charge in [0.15, 0.2) is 6.10 Å². The highest BCUT2D eigenvalue weighted by molar-refractivity contribution is 6.03. The Hall–Kier alpha value is -3.62. The third-order valence-corrected chi connectivity index (χ3v) is 6.55. The molecule has 3 aliphatic rings. The summed E-state index contributed by atoms with van der Waals surface area (Å²) in [6.45, 7) is 1.88. The van der Waals surface area contributed by atoms with Crippen LogP contribution in [0.2, 0.25) is 0 Å². The van der Waals surface area contributed by atoms with E-state index in [9.17, 15) is 14.4 Å². The molecule has 0 unspecified atom stereocenters. The zero-order valence-corrected chi connectivity index (χ0v) is 19.5. The Morgan fingerprint density at radius 3 is 2.71 bits per heavy atom. The number of likely N-dealkylation sites (N-methyl/N-ethyl adjacent to an activating group) is 1. The van der Waals surface area contributed by atoms with E-state index in [-0.39, 0.29) is 24.3 Å².